The molecule has 2 nitrogen and oxygen atoms in total. The second-order valence-corrected chi connectivity index (χ2v) is 15.3. The van der Waals surface area contributed by atoms with E-state index in [2.05, 4.69) is 252 Å². The Labute approximate surface area is 350 Å². The highest BCUT2D eigenvalue weighted by molar-refractivity contribution is 6.16. The standard InChI is InChI=1S/C58H40N2/c1-3-18-43(19-4-1)50-25-9-12-29-54(50)59(49-37-35-42(36-38-49)45-34-33-41-17-7-8-20-44(41)39-45)55-30-13-10-26-51(55)46-21-15-22-47(40-46)52-28-16-32-57-58(52)53-27-11-14-31-56(53)60(57)48-23-5-2-6-24-48/h1-40H. The average Bonchev–Trinajstić information content (AvgIpc) is 3.67. The van der Waals surface area contributed by atoms with E-state index in [1.807, 2.05) is 0 Å². The van der Waals surface area contributed by atoms with E-state index < -0.39 is 0 Å². The third kappa shape index (κ3) is 6.23. The van der Waals surface area contributed by atoms with Gasteiger partial charge in [-0.25, -0.2) is 0 Å². The highest BCUT2D eigenvalue weighted by atomic mass is 15.1. The monoisotopic (exact) mass is 764 g/mol. The molecule has 60 heavy (non-hydrogen) atoms. The lowest BCUT2D eigenvalue weighted by molar-refractivity contribution is 1.18. The Morgan fingerprint density at radius 3 is 1.60 bits per heavy atom. The summed E-state index contributed by atoms with van der Waals surface area (Å²) in [6, 6.07) is 87.9. The van der Waals surface area contributed by atoms with E-state index in [0.717, 1.165) is 33.9 Å². The summed E-state index contributed by atoms with van der Waals surface area (Å²) in [7, 11) is 0. The molecule has 11 rings (SSSR count). The van der Waals surface area contributed by atoms with Crippen LogP contribution in [0.3, 0.4) is 0 Å². The lowest BCUT2D eigenvalue weighted by Gasteiger charge is -2.30. The number of benzene rings is 10. The van der Waals surface area contributed by atoms with Gasteiger partial charge >= 0.3 is 0 Å². The van der Waals surface area contributed by atoms with Crippen LogP contribution < -0.4 is 4.90 Å². The zero-order valence-electron chi connectivity index (χ0n) is 33.0. The SMILES string of the molecule is c1ccc(-c2ccccc2N(c2ccc(-c3ccc4ccccc4c3)cc2)c2ccccc2-c2cccc(-c3cccc4c3c3ccccc3n4-c3ccccc3)c2)cc1. The first kappa shape index (κ1) is 35.2. The fourth-order valence-electron chi connectivity index (χ4n) is 8.99. The summed E-state index contributed by atoms with van der Waals surface area (Å²) in [6.45, 7) is 0. The molecule has 0 fully saturated rings. The van der Waals surface area contributed by atoms with Crippen molar-refractivity contribution in [3.05, 3.63) is 243 Å². The molecule has 11 aromatic rings. The minimum atomic E-state index is 1.09. The molecule has 0 aliphatic heterocycles. The van der Waals surface area contributed by atoms with Crippen LogP contribution in [-0.4, -0.2) is 4.57 Å². The Morgan fingerprint density at radius 2 is 0.833 bits per heavy atom. The zero-order valence-corrected chi connectivity index (χ0v) is 33.0. The van der Waals surface area contributed by atoms with Gasteiger partial charge < -0.3 is 9.47 Å². The number of rotatable bonds is 8. The van der Waals surface area contributed by atoms with Crippen molar-refractivity contribution in [2.75, 3.05) is 4.90 Å². The molecule has 0 aliphatic carbocycles. The van der Waals surface area contributed by atoms with E-state index in [0.29, 0.717) is 0 Å². The summed E-state index contributed by atoms with van der Waals surface area (Å²) in [5.74, 6) is 0. The number of hydrogen-bond donors (Lipinski definition) is 0. The molecule has 0 bridgehead atoms. The molecule has 0 saturated carbocycles. The molecule has 2 heteroatoms. The second-order valence-electron chi connectivity index (χ2n) is 15.3. The fourth-order valence-corrected chi connectivity index (χ4v) is 8.99. The van der Waals surface area contributed by atoms with Crippen molar-refractivity contribution in [2.45, 2.75) is 0 Å². The van der Waals surface area contributed by atoms with Crippen LogP contribution in [0.5, 0.6) is 0 Å². The van der Waals surface area contributed by atoms with Crippen LogP contribution in [0.15, 0.2) is 243 Å². The van der Waals surface area contributed by atoms with Crippen LogP contribution in [0.4, 0.5) is 17.1 Å². The molecule has 282 valence electrons. The highest BCUT2D eigenvalue weighted by Crippen LogP contribution is 2.46. The predicted molar refractivity (Wildman–Crippen MR) is 255 cm³/mol. The maximum atomic E-state index is 2.43. The van der Waals surface area contributed by atoms with Crippen LogP contribution in [0.25, 0.3) is 82.8 Å². The van der Waals surface area contributed by atoms with E-state index >= 15 is 0 Å². The van der Waals surface area contributed by atoms with Crippen LogP contribution in [-0.2, 0) is 0 Å². The molecule has 0 aliphatic rings. The maximum absolute atomic E-state index is 2.43. The fraction of sp³-hybridized carbons (Fsp3) is 0. The molecule has 0 radical (unpaired) electrons. The van der Waals surface area contributed by atoms with Gasteiger partial charge in [-0.2, -0.15) is 0 Å². The van der Waals surface area contributed by atoms with Crippen molar-refractivity contribution in [1.82, 2.24) is 4.57 Å². The first-order valence-corrected chi connectivity index (χ1v) is 20.6. The number of para-hydroxylation sites is 4. The van der Waals surface area contributed by atoms with E-state index in [4.69, 9.17) is 0 Å². The van der Waals surface area contributed by atoms with Gasteiger partial charge in [0.25, 0.3) is 0 Å². The Hall–Kier alpha value is -7.94. The molecular weight excluding hydrogens is 725 g/mol. The lowest BCUT2D eigenvalue weighted by atomic mass is 9.94. The molecule has 1 heterocycles. The van der Waals surface area contributed by atoms with Crippen LogP contribution in [0.1, 0.15) is 0 Å². The second kappa shape index (κ2) is 15.1. The normalized spacial score (nSPS) is 11.3. The zero-order chi connectivity index (χ0) is 39.8. The molecular formula is C58H40N2. The van der Waals surface area contributed by atoms with Crippen molar-refractivity contribution in [1.29, 1.82) is 0 Å². The van der Waals surface area contributed by atoms with E-state index in [1.165, 1.54) is 66.0 Å². The summed E-state index contributed by atoms with van der Waals surface area (Å²) in [4.78, 5) is 2.43. The number of fused-ring (bicyclic) bond motifs is 4. The van der Waals surface area contributed by atoms with E-state index in [9.17, 15) is 0 Å². The minimum absolute atomic E-state index is 1.09. The Bertz CT molecular complexity index is 3310. The summed E-state index contributed by atoms with van der Waals surface area (Å²) in [5.41, 5.74) is 16.3. The van der Waals surface area contributed by atoms with Crippen LogP contribution in [0, 0.1) is 0 Å². The average molecular weight is 765 g/mol. The van der Waals surface area contributed by atoms with Gasteiger partial charge in [-0.05, 0) is 105 Å². The summed E-state index contributed by atoms with van der Waals surface area (Å²) in [6.07, 6.45) is 0. The first-order chi connectivity index (χ1) is 29.8. The van der Waals surface area contributed by atoms with Gasteiger partial charge in [-0.1, -0.05) is 182 Å². The Balaban J connectivity index is 1.07. The highest BCUT2D eigenvalue weighted by Gasteiger charge is 2.21. The van der Waals surface area contributed by atoms with Crippen molar-refractivity contribution >= 4 is 49.6 Å². The lowest BCUT2D eigenvalue weighted by Crippen LogP contribution is -2.12. The van der Waals surface area contributed by atoms with Crippen molar-refractivity contribution < 1.29 is 0 Å². The topological polar surface area (TPSA) is 8.17 Å². The molecule has 0 saturated heterocycles. The largest absolute Gasteiger partial charge is 0.309 e. The van der Waals surface area contributed by atoms with Gasteiger partial charge in [-0.15, -0.1) is 0 Å². The maximum Gasteiger partial charge on any atom is 0.0547 e. The Morgan fingerprint density at radius 1 is 0.300 bits per heavy atom. The molecule has 0 spiro atoms. The van der Waals surface area contributed by atoms with E-state index in [-0.39, 0.29) is 0 Å². The molecule has 1 aromatic heterocycles. The van der Waals surface area contributed by atoms with Gasteiger partial charge in [0.05, 0.1) is 22.4 Å². The molecule has 10 aromatic carbocycles. The minimum Gasteiger partial charge on any atom is -0.309 e. The molecule has 0 atom stereocenters. The quantitative estimate of drug-likeness (QED) is 0.150. The summed E-state index contributed by atoms with van der Waals surface area (Å²) in [5, 5.41) is 4.99. The third-order valence-corrected chi connectivity index (χ3v) is 11.8. The van der Waals surface area contributed by atoms with E-state index in [1.54, 1.807) is 0 Å². The van der Waals surface area contributed by atoms with Crippen LogP contribution in [0.2, 0.25) is 0 Å². The van der Waals surface area contributed by atoms with Crippen molar-refractivity contribution in [2.24, 2.45) is 0 Å². The molecule has 0 amide bonds. The molecule has 0 unspecified atom stereocenters. The van der Waals surface area contributed by atoms with Gasteiger partial charge in [0, 0.05) is 33.3 Å². The van der Waals surface area contributed by atoms with Gasteiger partial charge in [0.15, 0.2) is 0 Å². The van der Waals surface area contributed by atoms with Gasteiger partial charge in [0.1, 0.15) is 0 Å². The predicted octanol–water partition coefficient (Wildman–Crippen LogP) is 16.1. The van der Waals surface area contributed by atoms with Crippen LogP contribution >= 0.6 is 0 Å². The number of anilines is 3. The summed E-state index contributed by atoms with van der Waals surface area (Å²) < 4.78 is 2.39. The third-order valence-electron chi connectivity index (χ3n) is 11.8. The first-order valence-electron chi connectivity index (χ1n) is 20.6. The summed E-state index contributed by atoms with van der Waals surface area (Å²) >= 11 is 0. The van der Waals surface area contributed by atoms with Crippen molar-refractivity contribution in [3.8, 4) is 50.2 Å². The van der Waals surface area contributed by atoms with Gasteiger partial charge in [-0.3, -0.25) is 0 Å². The Kier molecular flexibility index (Phi) is 8.87. The number of aromatic nitrogens is 1. The molecule has 0 N–H and O–H groups in total. The number of hydrogen-bond acceptors (Lipinski definition) is 1. The smallest absolute Gasteiger partial charge is 0.0547 e. The van der Waals surface area contributed by atoms with Gasteiger partial charge in [0.2, 0.25) is 0 Å². The number of nitrogens with zero attached hydrogens (tertiary/aromatic N) is 2. The van der Waals surface area contributed by atoms with Crippen molar-refractivity contribution in [3.63, 3.8) is 0 Å².